The Balaban J connectivity index is 0.000000255. The van der Waals surface area contributed by atoms with Gasteiger partial charge in [-0.05, 0) is 190 Å². The minimum atomic E-state index is -10.7. The molecule has 6 aromatic carbocycles. The van der Waals surface area contributed by atoms with Gasteiger partial charge in [0.25, 0.3) is 0 Å². The number of hydrogen-bond donors (Lipinski definition) is 4. The van der Waals surface area contributed by atoms with Crippen molar-refractivity contribution in [2.45, 2.75) is 26.4 Å². The maximum atomic E-state index is 9.87. The number of aromatic nitrogens is 6. The summed E-state index contributed by atoms with van der Waals surface area (Å²) in [5, 5.41) is 38.1. The summed E-state index contributed by atoms with van der Waals surface area (Å²) in [6, 6.07) is 79.7. The van der Waals surface area contributed by atoms with Crippen molar-refractivity contribution in [1.29, 1.82) is 0 Å². The summed E-state index contributed by atoms with van der Waals surface area (Å²) in [6.07, 6.45) is 7.09. The van der Waals surface area contributed by atoms with Gasteiger partial charge in [-0.3, -0.25) is 19.9 Å². The molecule has 0 aliphatic rings. The van der Waals surface area contributed by atoms with Gasteiger partial charge in [0.15, 0.2) is 0 Å². The molecule has 99 heavy (non-hydrogen) atoms. The fourth-order valence-corrected chi connectivity index (χ4v) is 9.48. The van der Waals surface area contributed by atoms with Crippen LogP contribution in [0.25, 0.3) is 67.8 Å². The molecule has 6 aromatic heterocycles. The number of anilines is 6. The van der Waals surface area contributed by atoms with Gasteiger partial charge in [0.2, 0.25) is 0 Å². The van der Waals surface area contributed by atoms with E-state index in [4.69, 9.17) is 9.97 Å². The minimum Gasteiger partial charge on any atom is -0.412 e. The van der Waals surface area contributed by atoms with Crippen LogP contribution in [0.15, 0.2) is 267 Å². The third-order valence-corrected chi connectivity index (χ3v) is 13.8. The zero-order valence-corrected chi connectivity index (χ0v) is 54.4. The number of benzene rings is 6. The van der Waals surface area contributed by atoms with Crippen molar-refractivity contribution in [2.24, 2.45) is 0 Å². The molecule has 1 radical (unpaired) electrons. The van der Waals surface area contributed by atoms with Gasteiger partial charge in [-0.1, -0.05) is 97.1 Å². The van der Waals surface area contributed by atoms with Gasteiger partial charge < -0.3 is 41.2 Å². The number of halogens is 12. The molecule has 0 amide bonds. The van der Waals surface area contributed by atoms with Gasteiger partial charge >= 0.3 is 83.0 Å². The standard InChI is InChI=1S/2C35H28N4O2.2F6P.Mn.2H2O/c2*40-23-25-7-13-29(14-8-25)39(30-15-9-26(24-41)10-16-30)31-17-11-27(12-18-31)28-21-34(32-5-1-3-19-36-32)38-35(22-28)33-6-2-4-20-37-33;2*1-7(2,3,4,5)6;;;/h2*1-22,40-41H,23-24H2;;;;2*1H2/q;;2*-1;+2;;. The first-order valence-electron chi connectivity index (χ1n) is 28.8. The molecule has 14 nitrogen and oxygen atoms in total. The Kier molecular flexibility index (Phi) is 24.7. The molecule has 8 N–H and O–H groups in total. The number of aliphatic hydroxyl groups is 4. The van der Waals surface area contributed by atoms with Crippen LogP contribution < -0.4 is 9.80 Å². The molecule has 12 rings (SSSR count). The Hall–Kier alpha value is -9.88. The van der Waals surface area contributed by atoms with Gasteiger partial charge in [0, 0.05) is 58.9 Å². The summed E-state index contributed by atoms with van der Waals surface area (Å²) in [4.78, 5) is 32.2. The van der Waals surface area contributed by atoms with Crippen LogP contribution in [0.4, 0.5) is 84.5 Å². The molecule has 6 heterocycles. The van der Waals surface area contributed by atoms with E-state index in [1.807, 2.05) is 170 Å². The first-order valence-corrected chi connectivity index (χ1v) is 32.8. The molecule has 29 heteroatoms. The SMILES string of the molecule is F[P-](F)(F)(F)(F)F.F[P-](F)(F)(F)(F)F.O.O.OCc1ccc(N(c2ccc(CO)cc2)c2ccc(-c3cc(-c4ccccn4)nc(-c4ccccn4)c3)cc2)cc1.OCc1ccc(N(c2ccc(CO)cc2)c2ccc(-c3cc(-c4ccccn4)nc(-c4ccccn4)c3)cc2)cc1.[Mn+2]. The van der Waals surface area contributed by atoms with Crippen LogP contribution in [-0.4, -0.2) is 61.3 Å². The Labute approximate surface area is 569 Å². The summed E-state index contributed by atoms with van der Waals surface area (Å²) in [5.41, 5.74) is 19.6. The summed E-state index contributed by atoms with van der Waals surface area (Å²) < 4.78 is 118. The molecule has 0 saturated heterocycles. The second kappa shape index (κ2) is 31.3. The average Bonchev–Trinajstić information content (AvgIpc) is 0.811. The Morgan fingerprint density at radius 1 is 0.253 bits per heavy atom. The third kappa shape index (κ3) is 24.9. The molecule has 517 valence electrons. The molecule has 0 aliphatic heterocycles. The van der Waals surface area contributed by atoms with Crippen LogP contribution in [0.5, 0.6) is 0 Å². The van der Waals surface area contributed by atoms with Gasteiger partial charge in [0.1, 0.15) is 0 Å². The number of rotatable bonds is 16. The van der Waals surface area contributed by atoms with E-state index in [2.05, 4.69) is 103 Å². The molecular formula is C70H60F12MnN8O6P2. The van der Waals surface area contributed by atoms with Crippen LogP contribution in [0.2, 0.25) is 0 Å². The zero-order chi connectivity index (χ0) is 68.9. The second-order valence-electron chi connectivity index (χ2n) is 21.1. The molecule has 0 fully saturated rings. The summed E-state index contributed by atoms with van der Waals surface area (Å²) in [6.45, 7) is -0.0274. The van der Waals surface area contributed by atoms with E-state index in [9.17, 15) is 70.8 Å². The van der Waals surface area contributed by atoms with E-state index in [0.29, 0.717) is 0 Å². The number of nitrogens with zero attached hydrogens (tertiary/aromatic N) is 8. The van der Waals surface area contributed by atoms with Crippen LogP contribution in [0, 0.1) is 0 Å². The van der Waals surface area contributed by atoms with E-state index in [1.165, 1.54) is 0 Å². The minimum absolute atomic E-state index is 0. The smallest absolute Gasteiger partial charge is 0.412 e. The van der Waals surface area contributed by atoms with Gasteiger partial charge in [-0.15, -0.1) is 0 Å². The number of hydrogen-bond acceptors (Lipinski definition) is 12. The van der Waals surface area contributed by atoms with E-state index in [1.54, 1.807) is 24.8 Å². The van der Waals surface area contributed by atoms with E-state index < -0.39 is 15.6 Å². The molecule has 0 saturated carbocycles. The Morgan fingerprint density at radius 3 is 0.596 bits per heavy atom. The normalized spacial score (nSPS) is 12.3. The summed E-state index contributed by atoms with van der Waals surface area (Å²) >= 11 is 0. The van der Waals surface area contributed by atoms with Gasteiger partial charge in [-0.25, -0.2) is 9.97 Å². The molecule has 12 aromatic rings. The van der Waals surface area contributed by atoms with Crippen molar-refractivity contribution in [3.63, 3.8) is 0 Å². The average molecular weight is 1450 g/mol. The predicted molar refractivity (Wildman–Crippen MR) is 360 cm³/mol. The fraction of sp³-hybridized carbons (Fsp3) is 0.0571. The van der Waals surface area contributed by atoms with E-state index >= 15 is 0 Å². The quantitative estimate of drug-likeness (QED) is 0.0402. The van der Waals surface area contributed by atoms with Crippen molar-refractivity contribution in [2.75, 3.05) is 9.80 Å². The van der Waals surface area contributed by atoms with Crippen LogP contribution in [0.1, 0.15) is 22.3 Å². The maximum Gasteiger partial charge on any atom is 2.00 e. The summed E-state index contributed by atoms with van der Waals surface area (Å²) in [7, 11) is -21.3. The topological polar surface area (TPSA) is 228 Å². The Bertz CT molecular complexity index is 4010. The summed E-state index contributed by atoms with van der Waals surface area (Å²) in [5.74, 6) is 0. The number of aliphatic hydroxyl groups excluding tert-OH is 4. The zero-order valence-electron chi connectivity index (χ0n) is 51.4. The largest absolute Gasteiger partial charge is 2.00 e. The predicted octanol–water partition coefficient (Wildman–Crippen LogP) is 19.8. The molecule has 0 aliphatic carbocycles. The van der Waals surface area contributed by atoms with E-state index in [0.717, 1.165) is 124 Å². The van der Waals surface area contributed by atoms with Gasteiger partial charge in [0.05, 0.1) is 72.0 Å². The van der Waals surface area contributed by atoms with Crippen LogP contribution >= 0.6 is 15.6 Å². The van der Waals surface area contributed by atoms with Crippen molar-refractivity contribution in [1.82, 2.24) is 29.9 Å². The molecule has 0 spiro atoms. The van der Waals surface area contributed by atoms with Crippen LogP contribution in [-0.2, 0) is 43.5 Å². The maximum absolute atomic E-state index is 10.7. The van der Waals surface area contributed by atoms with Crippen molar-refractivity contribution < 1.29 is 98.8 Å². The molecule has 0 atom stereocenters. The van der Waals surface area contributed by atoms with Crippen molar-refractivity contribution in [3.8, 4) is 67.8 Å². The first-order chi connectivity index (χ1) is 45.3. The molecule has 0 bridgehead atoms. The van der Waals surface area contributed by atoms with Crippen molar-refractivity contribution >= 4 is 49.7 Å². The number of pyridine rings is 6. The van der Waals surface area contributed by atoms with Crippen LogP contribution in [0.3, 0.4) is 0 Å². The Morgan fingerprint density at radius 2 is 0.434 bits per heavy atom. The first kappa shape index (κ1) is 78.1. The van der Waals surface area contributed by atoms with Crippen molar-refractivity contribution in [3.05, 3.63) is 290 Å². The third-order valence-electron chi connectivity index (χ3n) is 13.8. The van der Waals surface area contributed by atoms with E-state index in [-0.39, 0.29) is 54.4 Å². The molecular weight excluding hydrogens is 1390 g/mol. The molecule has 0 unspecified atom stereocenters. The monoisotopic (exact) mass is 1450 g/mol. The van der Waals surface area contributed by atoms with Gasteiger partial charge in [-0.2, -0.15) is 0 Å². The fourth-order valence-electron chi connectivity index (χ4n) is 9.48. The second-order valence-corrected chi connectivity index (χ2v) is 24.9.